The number of carbonyl (C=O) groups excluding carboxylic acids is 1. The number of amides is 2. The molecule has 0 bridgehead atoms. The van der Waals surface area contributed by atoms with Crippen molar-refractivity contribution < 1.29 is 19.0 Å². The molecule has 0 aromatic heterocycles. The number of halogens is 1. The smallest absolute Gasteiger partial charge is 0.315 e. The largest absolute Gasteiger partial charge is 0.491 e. The molecule has 21 heavy (non-hydrogen) atoms. The molecule has 6 heteroatoms. The van der Waals surface area contributed by atoms with Gasteiger partial charge in [0.25, 0.3) is 0 Å². The van der Waals surface area contributed by atoms with E-state index in [1.54, 1.807) is 19.1 Å². The predicted molar refractivity (Wildman–Crippen MR) is 76.6 cm³/mol. The molecule has 1 aromatic rings. The van der Waals surface area contributed by atoms with Crippen LogP contribution in [0.25, 0.3) is 0 Å². The highest BCUT2D eigenvalue weighted by atomic mass is 19.1. The first-order valence-corrected chi connectivity index (χ1v) is 7.18. The quantitative estimate of drug-likeness (QED) is 0.751. The van der Waals surface area contributed by atoms with Gasteiger partial charge < -0.3 is 20.5 Å². The van der Waals surface area contributed by atoms with Crippen molar-refractivity contribution in [3.05, 3.63) is 29.6 Å². The van der Waals surface area contributed by atoms with E-state index < -0.39 is 11.4 Å². The molecule has 0 heterocycles. The minimum Gasteiger partial charge on any atom is -0.491 e. The number of benzene rings is 1. The zero-order chi connectivity index (χ0) is 15.3. The summed E-state index contributed by atoms with van der Waals surface area (Å²) in [6.45, 7) is 2.65. The molecule has 2 amide bonds. The van der Waals surface area contributed by atoms with Crippen LogP contribution in [0.4, 0.5) is 9.18 Å². The van der Waals surface area contributed by atoms with Gasteiger partial charge in [0.15, 0.2) is 11.6 Å². The first kappa shape index (κ1) is 15.6. The van der Waals surface area contributed by atoms with Gasteiger partial charge in [0.1, 0.15) is 0 Å². The molecule has 1 saturated carbocycles. The van der Waals surface area contributed by atoms with Gasteiger partial charge in [0, 0.05) is 13.1 Å². The van der Waals surface area contributed by atoms with Gasteiger partial charge >= 0.3 is 6.03 Å². The van der Waals surface area contributed by atoms with Gasteiger partial charge in [-0.3, -0.25) is 0 Å². The maximum Gasteiger partial charge on any atom is 0.315 e. The normalized spacial score (nSPS) is 16.0. The second kappa shape index (κ2) is 6.76. The number of rotatable bonds is 6. The fourth-order valence-corrected chi connectivity index (χ4v) is 2.18. The van der Waals surface area contributed by atoms with Crippen molar-refractivity contribution in [3.8, 4) is 5.75 Å². The summed E-state index contributed by atoms with van der Waals surface area (Å²) in [6, 6.07) is 4.22. The van der Waals surface area contributed by atoms with Gasteiger partial charge in [-0.2, -0.15) is 0 Å². The van der Waals surface area contributed by atoms with Crippen LogP contribution in [0.15, 0.2) is 18.2 Å². The highest BCUT2D eigenvalue weighted by molar-refractivity contribution is 5.73. The standard InChI is InChI=1S/C15H21FN2O3/c1-2-21-13-5-4-11(8-12(13)16)9-17-14(19)18-10-15(20)6-3-7-15/h4-5,8,20H,2-3,6-7,9-10H2,1H3,(H2,17,18,19). The topological polar surface area (TPSA) is 70.6 Å². The van der Waals surface area contributed by atoms with Crippen LogP contribution < -0.4 is 15.4 Å². The van der Waals surface area contributed by atoms with Crippen LogP contribution in [0.1, 0.15) is 31.7 Å². The molecule has 1 fully saturated rings. The van der Waals surface area contributed by atoms with E-state index in [0.29, 0.717) is 12.2 Å². The fraction of sp³-hybridized carbons (Fsp3) is 0.533. The van der Waals surface area contributed by atoms with Gasteiger partial charge in [-0.15, -0.1) is 0 Å². The SMILES string of the molecule is CCOc1ccc(CNC(=O)NCC2(O)CCC2)cc1F. The van der Waals surface area contributed by atoms with Gasteiger partial charge in [-0.25, -0.2) is 9.18 Å². The number of hydrogen-bond donors (Lipinski definition) is 3. The fourth-order valence-electron chi connectivity index (χ4n) is 2.18. The molecule has 0 spiro atoms. The lowest BCUT2D eigenvalue weighted by molar-refractivity contribution is -0.0290. The summed E-state index contributed by atoms with van der Waals surface area (Å²) in [5, 5.41) is 15.1. The van der Waals surface area contributed by atoms with E-state index in [1.165, 1.54) is 6.07 Å². The highest BCUT2D eigenvalue weighted by Gasteiger charge is 2.34. The Morgan fingerprint density at radius 3 is 2.76 bits per heavy atom. The summed E-state index contributed by atoms with van der Waals surface area (Å²) in [4.78, 5) is 11.6. The Morgan fingerprint density at radius 2 is 2.19 bits per heavy atom. The van der Waals surface area contributed by atoms with Crippen molar-refractivity contribution in [2.45, 2.75) is 38.3 Å². The minimum atomic E-state index is -0.747. The highest BCUT2D eigenvalue weighted by Crippen LogP contribution is 2.30. The Bertz CT molecular complexity index is 504. The first-order chi connectivity index (χ1) is 10.0. The van der Waals surface area contributed by atoms with Crippen molar-refractivity contribution in [3.63, 3.8) is 0 Å². The lowest BCUT2D eigenvalue weighted by Gasteiger charge is -2.36. The maximum absolute atomic E-state index is 13.6. The van der Waals surface area contributed by atoms with E-state index in [9.17, 15) is 14.3 Å². The third-order valence-corrected chi connectivity index (χ3v) is 3.61. The zero-order valence-electron chi connectivity index (χ0n) is 12.1. The number of ether oxygens (including phenoxy) is 1. The molecule has 1 aliphatic rings. The van der Waals surface area contributed by atoms with Gasteiger partial charge in [-0.1, -0.05) is 6.07 Å². The molecular weight excluding hydrogens is 275 g/mol. The van der Waals surface area contributed by atoms with Crippen LogP contribution in [0.3, 0.4) is 0 Å². The average Bonchev–Trinajstić information content (AvgIpc) is 2.43. The Kier molecular flexibility index (Phi) is 5.01. The van der Waals surface area contributed by atoms with Crippen LogP contribution in [0.5, 0.6) is 5.75 Å². The molecule has 116 valence electrons. The average molecular weight is 296 g/mol. The van der Waals surface area contributed by atoms with Gasteiger partial charge in [-0.05, 0) is 43.9 Å². The number of carbonyl (C=O) groups is 1. The molecular formula is C15H21FN2O3. The van der Waals surface area contributed by atoms with Gasteiger partial charge in [0.2, 0.25) is 0 Å². The lowest BCUT2D eigenvalue weighted by Crippen LogP contribution is -2.49. The number of aliphatic hydroxyl groups is 1. The van der Waals surface area contributed by atoms with Crippen LogP contribution in [-0.4, -0.2) is 29.9 Å². The number of nitrogens with one attached hydrogen (secondary N) is 2. The van der Waals surface area contributed by atoms with Crippen molar-refractivity contribution in [1.29, 1.82) is 0 Å². The lowest BCUT2D eigenvalue weighted by atomic mass is 9.80. The van der Waals surface area contributed by atoms with E-state index in [4.69, 9.17) is 4.74 Å². The first-order valence-electron chi connectivity index (χ1n) is 7.18. The second-order valence-corrected chi connectivity index (χ2v) is 5.31. The Balaban J connectivity index is 1.76. The van der Waals surface area contributed by atoms with E-state index >= 15 is 0 Å². The van der Waals surface area contributed by atoms with E-state index in [0.717, 1.165) is 19.3 Å². The van der Waals surface area contributed by atoms with Crippen LogP contribution in [0.2, 0.25) is 0 Å². The third kappa shape index (κ3) is 4.32. The summed E-state index contributed by atoms with van der Waals surface area (Å²) in [5.41, 5.74) is -0.101. The molecule has 2 rings (SSSR count). The number of urea groups is 1. The molecule has 1 aromatic carbocycles. The summed E-state index contributed by atoms with van der Waals surface area (Å²) >= 11 is 0. The van der Waals surface area contributed by atoms with E-state index in [-0.39, 0.29) is 24.9 Å². The zero-order valence-corrected chi connectivity index (χ0v) is 12.1. The third-order valence-electron chi connectivity index (χ3n) is 3.61. The van der Waals surface area contributed by atoms with E-state index in [2.05, 4.69) is 10.6 Å². The van der Waals surface area contributed by atoms with Crippen LogP contribution in [-0.2, 0) is 6.54 Å². The Labute approximate surface area is 123 Å². The predicted octanol–water partition coefficient (Wildman–Crippen LogP) is 1.94. The van der Waals surface area contributed by atoms with E-state index in [1.807, 2.05) is 0 Å². The monoisotopic (exact) mass is 296 g/mol. The number of hydrogen-bond acceptors (Lipinski definition) is 3. The molecule has 0 saturated heterocycles. The Morgan fingerprint density at radius 1 is 1.43 bits per heavy atom. The summed E-state index contributed by atoms with van der Waals surface area (Å²) in [6.07, 6.45) is 2.43. The molecule has 3 N–H and O–H groups in total. The molecule has 0 radical (unpaired) electrons. The Hall–Kier alpha value is -1.82. The molecule has 0 atom stereocenters. The van der Waals surface area contributed by atoms with Gasteiger partial charge in [0.05, 0.1) is 12.2 Å². The van der Waals surface area contributed by atoms with Crippen molar-refractivity contribution in [2.75, 3.05) is 13.2 Å². The summed E-state index contributed by atoms with van der Waals surface area (Å²) in [5.74, 6) is -0.238. The molecule has 1 aliphatic carbocycles. The molecule has 5 nitrogen and oxygen atoms in total. The maximum atomic E-state index is 13.6. The second-order valence-electron chi connectivity index (χ2n) is 5.31. The van der Waals surface area contributed by atoms with Crippen LogP contribution >= 0.6 is 0 Å². The molecule has 0 aliphatic heterocycles. The van der Waals surface area contributed by atoms with Crippen molar-refractivity contribution in [1.82, 2.24) is 10.6 Å². The minimum absolute atomic E-state index is 0.206. The summed E-state index contributed by atoms with van der Waals surface area (Å²) in [7, 11) is 0. The van der Waals surface area contributed by atoms with Crippen LogP contribution in [0, 0.1) is 5.82 Å². The van der Waals surface area contributed by atoms with Crippen molar-refractivity contribution in [2.24, 2.45) is 0 Å². The molecule has 0 unspecified atom stereocenters. The summed E-state index contributed by atoms with van der Waals surface area (Å²) < 4.78 is 18.7. The van der Waals surface area contributed by atoms with Crippen molar-refractivity contribution >= 4 is 6.03 Å².